The van der Waals surface area contributed by atoms with Crippen molar-refractivity contribution in [3.8, 4) is 5.75 Å². The first kappa shape index (κ1) is 21.0. The molecule has 0 radical (unpaired) electrons. The number of hydrogen-bond donors (Lipinski definition) is 1. The van der Waals surface area contributed by atoms with Gasteiger partial charge >= 0.3 is 5.97 Å². The molecule has 0 unspecified atom stereocenters. The molecule has 3 amide bonds. The molecular weight excluding hydrogens is 388 g/mol. The smallest absolute Gasteiger partial charge is 0.308 e. The summed E-state index contributed by atoms with van der Waals surface area (Å²) >= 11 is 0. The van der Waals surface area contributed by atoms with Crippen LogP contribution in [0.25, 0.3) is 0 Å². The highest BCUT2D eigenvalue weighted by Crippen LogP contribution is 2.24. The number of carbonyl (C=O) groups is 4. The summed E-state index contributed by atoms with van der Waals surface area (Å²) < 4.78 is 10.2. The van der Waals surface area contributed by atoms with Crippen LogP contribution in [0.15, 0.2) is 42.5 Å². The third kappa shape index (κ3) is 4.65. The lowest BCUT2D eigenvalue weighted by Gasteiger charge is -2.13. The topological polar surface area (TPSA) is 102 Å². The van der Waals surface area contributed by atoms with Crippen molar-refractivity contribution in [2.45, 2.75) is 19.9 Å². The first-order chi connectivity index (χ1) is 14.4. The predicted molar refractivity (Wildman–Crippen MR) is 107 cm³/mol. The van der Waals surface area contributed by atoms with Crippen LogP contribution in [0, 0.1) is 6.92 Å². The van der Waals surface area contributed by atoms with Crippen molar-refractivity contribution in [1.29, 1.82) is 0 Å². The maximum Gasteiger partial charge on any atom is 0.308 e. The van der Waals surface area contributed by atoms with Crippen molar-refractivity contribution in [1.82, 2.24) is 10.2 Å². The zero-order valence-electron chi connectivity index (χ0n) is 16.8. The largest absolute Gasteiger partial charge is 0.496 e. The standard InChI is InChI=1S/C22H22N2O6/c1-14-7-8-16-17(11-14)22(28)24(21(16)27)10-9-20(26)30-13-19(25)23-12-15-5-3-4-6-18(15)29-2/h3-8,11H,9-10,12-13H2,1-2H3,(H,23,25). The Morgan fingerprint density at radius 2 is 1.77 bits per heavy atom. The Morgan fingerprint density at radius 3 is 2.53 bits per heavy atom. The van der Waals surface area contributed by atoms with Crippen LogP contribution in [0.2, 0.25) is 0 Å². The van der Waals surface area contributed by atoms with Crippen LogP contribution in [0.5, 0.6) is 5.75 Å². The number of fused-ring (bicyclic) bond motifs is 1. The number of nitrogens with one attached hydrogen (secondary N) is 1. The molecule has 1 N–H and O–H groups in total. The summed E-state index contributed by atoms with van der Waals surface area (Å²) in [5.41, 5.74) is 2.33. The second-order valence-corrected chi connectivity index (χ2v) is 6.81. The Hall–Kier alpha value is -3.68. The van der Waals surface area contributed by atoms with E-state index in [4.69, 9.17) is 9.47 Å². The third-order valence-corrected chi connectivity index (χ3v) is 4.70. The maximum absolute atomic E-state index is 12.4. The first-order valence-corrected chi connectivity index (χ1v) is 9.41. The molecule has 1 aliphatic heterocycles. The van der Waals surface area contributed by atoms with Crippen LogP contribution >= 0.6 is 0 Å². The fourth-order valence-electron chi connectivity index (χ4n) is 3.12. The van der Waals surface area contributed by atoms with Crippen LogP contribution in [0.1, 0.15) is 38.3 Å². The molecule has 0 atom stereocenters. The monoisotopic (exact) mass is 410 g/mol. The van der Waals surface area contributed by atoms with Gasteiger partial charge in [0.25, 0.3) is 17.7 Å². The Morgan fingerprint density at radius 1 is 1.03 bits per heavy atom. The molecule has 8 heteroatoms. The number of carbonyl (C=O) groups excluding carboxylic acids is 4. The Bertz CT molecular complexity index is 1000. The van der Waals surface area contributed by atoms with E-state index in [0.717, 1.165) is 16.0 Å². The molecule has 3 rings (SSSR count). The van der Waals surface area contributed by atoms with Crippen LogP contribution in [0.4, 0.5) is 0 Å². The summed E-state index contributed by atoms with van der Waals surface area (Å²) in [5, 5.41) is 2.64. The summed E-state index contributed by atoms with van der Waals surface area (Å²) in [6.07, 6.45) is -0.190. The first-order valence-electron chi connectivity index (χ1n) is 9.41. The molecule has 0 saturated carbocycles. The third-order valence-electron chi connectivity index (χ3n) is 4.70. The number of benzene rings is 2. The van der Waals surface area contributed by atoms with Crippen molar-refractivity contribution in [3.63, 3.8) is 0 Å². The molecule has 0 spiro atoms. The number of esters is 1. The van der Waals surface area contributed by atoms with Gasteiger partial charge in [0.15, 0.2) is 6.61 Å². The van der Waals surface area contributed by atoms with Gasteiger partial charge in [0, 0.05) is 18.7 Å². The number of amides is 3. The van der Waals surface area contributed by atoms with E-state index in [1.54, 1.807) is 24.3 Å². The van der Waals surface area contributed by atoms with E-state index in [-0.39, 0.29) is 19.5 Å². The minimum absolute atomic E-state index is 0.104. The summed E-state index contributed by atoms with van der Waals surface area (Å²) in [5.74, 6) is -1.36. The number of rotatable bonds is 8. The van der Waals surface area contributed by atoms with Crippen molar-refractivity contribution in [3.05, 3.63) is 64.7 Å². The summed E-state index contributed by atoms with van der Waals surface area (Å²) in [4.78, 5) is 49.6. The molecule has 0 aromatic heterocycles. The number of imide groups is 1. The van der Waals surface area contributed by atoms with E-state index in [0.29, 0.717) is 16.9 Å². The maximum atomic E-state index is 12.4. The van der Waals surface area contributed by atoms with Gasteiger partial charge in [-0.3, -0.25) is 24.1 Å². The second kappa shape index (κ2) is 9.21. The van der Waals surface area contributed by atoms with Crippen LogP contribution < -0.4 is 10.1 Å². The lowest BCUT2D eigenvalue weighted by atomic mass is 10.1. The Labute approximate surface area is 173 Å². The lowest BCUT2D eigenvalue weighted by Crippen LogP contribution is -2.33. The zero-order valence-corrected chi connectivity index (χ0v) is 16.8. The van der Waals surface area contributed by atoms with Gasteiger partial charge in [0.05, 0.1) is 24.7 Å². The quantitative estimate of drug-likeness (QED) is 0.526. The van der Waals surface area contributed by atoms with Gasteiger partial charge in [0.1, 0.15) is 5.75 Å². The molecule has 0 fully saturated rings. The average molecular weight is 410 g/mol. The zero-order chi connectivity index (χ0) is 21.7. The Kier molecular flexibility index (Phi) is 6.46. The summed E-state index contributed by atoms with van der Waals surface area (Å²) in [6, 6.07) is 12.3. The van der Waals surface area contributed by atoms with Crippen LogP contribution in [-0.2, 0) is 20.9 Å². The van der Waals surface area contributed by atoms with Crippen LogP contribution in [-0.4, -0.2) is 48.9 Å². The normalized spacial score (nSPS) is 12.5. The van der Waals surface area contributed by atoms with E-state index in [1.807, 2.05) is 25.1 Å². The molecule has 2 aromatic carbocycles. The van der Waals surface area contributed by atoms with Crippen molar-refractivity contribution in [2.75, 3.05) is 20.3 Å². The number of aryl methyl sites for hydroxylation is 1. The number of hydrogen-bond acceptors (Lipinski definition) is 6. The van der Waals surface area contributed by atoms with Gasteiger partial charge in [-0.2, -0.15) is 0 Å². The van der Waals surface area contributed by atoms with Crippen molar-refractivity contribution >= 4 is 23.7 Å². The molecule has 1 heterocycles. The van der Waals surface area contributed by atoms with Crippen molar-refractivity contribution in [2.24, 2.45) is 0 Å². The minimum atomic E-state index is -0.671. The summed E-state index contributed by atoms with van der Waals surface area (Å²) in [6.45, 7) is 1.51. The molecule has 2 aromatic rings. The molecule has 0 saturated heterocycles. The van der Waals surface area contributed by atoms with Gasteiger partial charge in [-0.1, -0.05) is 29.8 Å². The number of nitrogens with zero attached hydrogens (tertiary/aromatic N) is 1. The SMILES string of the molecule is COc1ccccc1CNC(=O)COC(=O)CCN1C(=O)c2ccc(C)cc2C1=O. The predicted octanol–water partition coefficient (Wildman–Crippen LogP) is 1.85. The lowest BCUT2D eigenvalue weighted by molar-refractivity contribution is -0.148. The number of ether oxygens (including phenoxy) is 2. The van der Waals surface area contributed by atoms with Gasteiger partial charge in [-0.25, -0.2) is 0 Å². The summed E-state index contributed by atoms with van der Waals surface area (Å²) in [7, 11) is 1.54. The fourth-order valence-corrected chi connectivity index (χ4v) is 3.12. The second-order valence-electron chi connectivity index (χ2n) is 6.81. The van der Waals surface area contributed by atoms with Gasteiger partial charge in [-0.05, 0) is 25.1 Å². The Balaban J connectivity index is 1.43. The minimum Gasteiger partial charge on any atom is -0.496 e. The van der Waals surface area contributed by atoms with Gasteiger partial charge in [0.2, 0.25) is 0 Å². The van der Waals surface area contributed by atoms with Crippen LogP contribution in [0.3, 0.4) is 0 Å². The number of methoxy groups -OCH3 is 1. The molecule has 8 nitrogen and oxygen atoms in total. The molecular formula is C22H22N2O6. The highest BCUT2D eigenvalue weighted by molar-refractivity contribution is 6.21. The molecule has 0 bridgehead atoms. The van der Waals surface area contributed by atoms with E-state index in [9.17, 15) is 19.2 Å². The number of para-hydroxylation sites is 1. The highest BCUT2D eigenvalue weighted by atomic mass is 16.5. The van der Waals surface area contributed by atoms with Gasteiger partial charge in [-0.15, -0.1) is 0 Å². The molecule has 30 heavy (non-hydrogen) atoms. The van der Waals surface area contributed by atoms with E-state index in [2.05, 4.69) is 5.32 Å². The fraction of sp³-hybridized carbons (Fsp3) is 0.273. The van der Waals surface area contributed by atoms with E-state index >= 15 is 0 Å². The molecule has 156 valence electrons. The van der Waals surface area contributed by atoms with Crippen molar-refractivity contribution < 1.29 is 28.7 Å². The van der Waals surface area contributed by atoms with Gasteiger partial charge < -0.3 is 14.8 Å². The van der Waals surface area contributed by atoms with E-state index < -0.39 is 30.3 Å². The molecule has 1 aliphatic rings. The molecule has 0 aliphatic carbocycles. The highest BCUT2D eigenvalue weighted by Gasteiger charge is 2.35. The van der Waals surface area contributed by atoms with E-state index in [1.165, 1.54) is 7.11 Å². The average Bonchev–Trinajstić information content (AvgIpc) is 2.98.